The van der Waals surface area contributed by atoms with Gasteiger partial charge in [-0.3, -0.25) is 14.9 Å². The van der Waals surface area contributed by atoms with Gasteiger partial charge in [0.25, 0.3) is 0 Å². The molecule has 4 rings (SSSR count). The second-order valence-corrected chi connectivity index (χ2v) is 11.1. The van der Waals surface area contributed by atoms with Gasteiger partial charge < -0.3 is 15.0 Å². The number of amides is 1. The molecule has 1 aliphatic carbocycles. The molecule has 1 saturated heterocycles. The van der Waals surface area contributed by atoms with Crippen molar-refractivity contribution in [2.45, 2.75) is 78.5 Å². The molecule has 2 aliphatic rings. The summed E-state index contributed by atoms with van der Waals surface area (Å²) in [6.07, 6.45) is 12.9. The fourth-order valence-electron chi connectivity index (χ4n) is 4.72. The molecule has 1 spiro atoms. The molecule has 0 radical (unpaired) electrons. The first-order valence-corrected chi connectivity index (χ1v) is 13.4. The van der Waals surface area contributed by atoms with Gasteiger partial charge in [0.1, 0.15) is 5.60 Å². The molecule has 2 heterocycles. The van der Waals surface area contributed by atoms with Crippen molar-refractivity contribution >= 4 is 17.1 Å². The Balaban J connectivity index is 1.53. The summed E-state index contributed by atoms with van der Waals surface area (Å²) in [6, 6.07) is 6.21. The zero-order valence-corrected chi connectivity index (χ0v) is 23.2. The van der Waals surface area contributed by atoms with E-state index >= 15 is 0 Å². The number of hydrogen-bond donors (Lipinski definition) is 1. The van der Waals surface area contributed by atoms with Crippen molar-refractivity contribution in [3.8, 4) is 0 Å². The Morgan fingerprint density at radius 2 is 1.86 bits per heavy atom. The van der Waals surface area contributed by atoms with E-state index in [4.69, 9.17) is 4.74 Å². The van der Waals surface area contributed by atoms with Gasteiger partial charge in [-0.1, -0.05) is 30.7 Å². The average Bonchev–Trinajstić information content (AvgIpc) is 3.63. The van der Waals surface area contributed by atoms with Gasteiger partial charge in [0.2, 0.25) is 0 Å². The summed E-state index contributed by atoms with van der Waals surface area (Å²) in [5.41, 5.74) is 5.89. The number of nitrogens with one attached hydrogen (secondary N) is 1. The summed E-state index contributed by atoms with van der Waals surface area (Å²) in [4.78, 5) is 26.2. The quantitative estimate of drug-likeness (QED) is 0.471. The van der Waals surface area contributed by atoms with Crippen LogP contribution in [-0.2, 0) is 11.3 Å². The number of fused-ring (bicyclic) bond motifs is 1. The summed E-state index contributed by atoms with van der Waals surface area (Å²) < 4.78 is 5.74. The molecule has 1 aromatic carbocycles. The maximum atomic E-state index is 13.0. The first-order chi connectivity index (χ1) is 17.6. The van der Waals surface area contributed by atoms with Crippen LogP contribution in [-0.4, -0.2) is 56.6 Å². The predicted octanol–water partition coefficient (Wildman–Crippen LogP) is 5.95. The maximum absolute atomic E-state index is 13.0. The van der Waals surface area contributed by atoms with Crippen LogP contribution >= 0.6 is 0 Å². The Morgan fingerprint density at radius 3 is 2.51 bits per heavy atom. The minimum absolute atomic E-state index is 0.140. The molecule has 1 amide bonds. The number of aromatic nitrogens is 2. The van der Waals surface area contributed by atoms with Gasteiger partial charge in [0.15, 0.2) is 0 Å². The van der Waals surface area contributed by atoms with E-state index in [0.717, 1.165) is 60.3 Å². The Morgan fingerprint density at radius 1 is 1.14 bits per heavy atom. The molecule has 7 nitrogen and oxygen atoms in total. The smallest absolute Gasteiger partial charge is 0.410 e. The number of ether oxygens (including phenoxy) is 1. The third-order valence-electron chi connectivity index (χ3n) is 7.10. The lowest BCUT2D eigenvalue weighted by Gasteiger charge is -2.44. The predicted molar refractivity (Wildman–Crippen MR) is 149 cm³/mol. The third-order valence-corrected chi connectivity index (χ3v) is 7.10. The van der Waals surface area contributed by atoms with Crippen molar-refractivity contribution in [3.63, 3.8) is 0 Å². The molecule has 1 N–H and O–H groups in total. The van der Waals surface area contributed by atoms with Crippen LogP contribution in [0.2, 0.25) is 0 Å². The number of carbonyl (C=O) groups is 1. The zero-order valence-electron chi connectivity index (χ0n) is 23.2. The van der Waals surface area contributed by atoms with Gasteiger partial charge >= 0.3 is 6.09 Å². The summed E-state index contributed by atoms with van der Waals surface area (Å²) in [5, 5.41) is 3.67. The summed E-state index contributed by atoms with van der Waals surface area (Å²) in [6.45, 7) is 15.1. The number of nitrogens with zero attached hydrogens (tertiary/aromatic N) is 4. The van der Waals surface area contributed by atoms with Crippen molar-refractivity contribution in [1.82, 2.24) is 25.1 Å². The lowest BCUT2D eigenvalue weighted by Crippen LogP contribution is -2.57. The molecule has 1 aliphatic heterocycles. The summed E-state index contributed by atoms with van der Waals surface area (Å²) in [5.74, 6) is 0. The Bertz CT molecular complexity index is 1220. The van der Waals surface area contributed by atoms with E-state index in [1.165, 1.54) is 5.57 Å². The Hall–Kier alpha value is -3.35. The molecule has 1 saturated carbocycles. The highest BCUT2D eigenvalue weighted by Gasteiger charge is 2.54. The fraction of sp³-hybridized carbons (Fsp3) is 0.500. The molecule has 2 aromatic rings. The summed E-state index contributed by atoms with van der Waals surface area (Å²) in [7, 11) is 0. The second kappa shape index (κ2) is 11.0. The van der Waals surface area contributed by atoms with Crippen LogP contribution in [0.1, 0.15) is 66.4 Å². The van der Waals surface area contributed by atoms with E-state index in [-0.39, 0.29) is 11.6 Å². The number of carbonyl (C=O) groups excluding carboxylic acids is 1. The van der Waals surface area contributed by atoms with Gasteiger partial charge in [0, 0.05) is 38.6 Å². The molecule has 1 aromatic heterocycles. The zero-order chi connectivity index (χ0) is 26.6. The van der Waals surface area contributed by atoms with Crippen molar-refractivity contribution in [2.75, 3.05) is 19.6 Å². The van der Waals surface area contributed by atoms with Gasteiger partial charge in [0.05, 0.1) is 28.0 Å². The average molecular weight is 504 g/mol. The van der Waals surface area contributed by atoms with E-state index < -0.39 is 5.60 Å². The molecule has 7 heteroatoms. The maximum Gasteiger partial charge on any atom is 0.410 e. The van der Waals surface area contributed by atoms with E-state index in [1.807, 2.05) is 31.7 Å². The first-order valence-electron chi connectivity index (χ1n) is 13.4. The highest BCUT2D eigenvalue weighted by atomic mass is 16.6. The standard InChI is InChI=1S/C30H41N5O2/c1-7-22(3)9-12-27(24(8-2)33-20-23-10-11-25-26(19-23)32-16-15-31-25)34-17-18-35(30(21-34)13-14-30)28(36)37-29(4,5)6/h8-12,15-16,19,33H,7,13-14,17-18,20-21H2,1-6H3/b22-9+,24-8+,27-12+. The molecule has 0 atom stereocenters. The lowest BCUT2D eigenvalue weighted by atomic mass is 10.1. The SMILES string of the molecule is C\C=C(NCc1ccc2nccnc2c1)/C(=C\C=C(/C)CC)N1CCN(C(=O)OC(C)(C)C)C2(CC2)C1. The van der Waals surface area contributed by atoms with E-state index in [9.17, 15) is 4.79 Å². The Labute approximate surface area is 221 Å². The molecule has 0 bridgehead atoms. The van der Waals surface area contributed by atoms with Crippen LogP contribution in [0.25, 0.3) is 11.0 Å². The number of rotatable bonds is 7. The molecule has 2 fully saturated rings. The van der Waals surface area contributed by atoms with Crippen LogP contribution in [0, 0.1) is 0 Å². The van der Waals surface area contributed by atoms with E-state index in [2.05, 4.69) is 71.3 Å². The van der Waals surface area contributed by atoms with Crippen LogP contribution in [0.4, 0.5) is 4.79 Å². The van der Waals surface area contributed by atoms with Gasteiger partial charge in [-0.25, -0.2) is 4.79 Å². The molecule has 198 valence electrons. The van der Waals surface area contributed by atoms with E-state index in [0.29, 0.717) is 13.1 Å². The molecular weight excluding hydrogens is 462 g/mol. The van der Waals surface area contributed by atoms with Gasteiger partial charge in [-0.15, -0.1) is 0 Å². The number of benzene rings is 1. The molecular formula is C30H41N5O2. The minimum Gasteiger partial charge on any atom is -0.444 e. The van der Waals surface area contributed by atoms with Crippen LogP contribution < -0.4 is 5.32 Å². The minimum atomic E-state index is -0.492. The molecule has 0 unspecified atom stereocenters. The largest absolute Gasteiger partial charge is 0.444 e. The van der Waals surface area contributed by atoms with Crippen molar-refractivity contribution in [3.05, 3.63) is 71.4 Å². The van der Waals surface area contributed by atoms with Gasteiger partial charge in [-0.2, -0.15) is 0 Å². The molecule has 37 heavy (non-hydrogen) atoms. The lowest BCUT2D eigenvalue weighted by molar-refractivity contribution is -0.00258. The van der Waals surface area contributed by atoms with E-state index in [1.54, 1.807) is 12.4 Å². The highest BCUT2D eigenvalue weighted by molar-refractivity contribution is 5.74. The highest BCUT2D eigenvalue weighted by Crippen LogP contribution is 2.46. The number of allylic oxidation sites excluding steroid dienone is 4. The number of hydrogen-bond acceptors (Lipinski definition) is 6. The normalized spacial score (nSPS) is 18.4. The Kier molecular flexibility index (Phi) is 7.90. The van der Waals surface area contributed by atoms with Crippen LogP contribution in [0.3, 0.4) is 0 Å². The number of piperazine rings is 1. The van der Waals surface area contributed by atoms with Gasteiger partial charge in [-0.05, 0) is 77.7 Å². The topological polar surface area (TPSA) is 70.6 Å². The van der Waals surface area contributed by atoms with Crippen molar-refractivity contribution in [1.29, 1.82) is 0 Å². The third kappa shape index (κ3) is 6.51. The van der Waals surface area contributed by atoms with Crippen molar-refractivity contribution < 1.29 is 9.53 Å². The second-order valence-electron chi connectivity index (χ2n) is 11.1. The fourth-order valence-corrected chi connectivity index (χ4v) is 4.72. The van der Waals surface area contributed by atoms with Crippen LogP contribution in [0.5, 0.6) is 0 Å². The summed E-state index contributed by atoms with van der Waals surface area (Å²) >= 11 is 0. The first kappa shape index (κ1) is 26.7. The van der Waals surface area contributed by atoms with Crippen molar-refractivity contribution in [2.24, 2.45) is 0 Å². The monoisotopic (exact) mass is 503 g/mol. The van der Waals surface area contributed by atoms with Crippen LogP contribution in [0.15, 0.2) is 65.8 Å².